The lowest BCUT2D eigenvalue weighted by molar-refractivity contribution is 0.152. The van der Waals surface area contributed by atoms with Gasteiger partial charge in [-0.2, -0.15) is 4.31 Å². The zero-order valence-electron chi connectivity index (χ0n) is 15.9. The second kappa shape index (κ2) is 7.91. The molecule has 1 unspecified atom stereocenters. The first kappa shape index (κ1) is 20.1. The molecule has 2 heterocycles. The van der Waals surface area contributed by atoms with E-state index in [0.717, 1.165) is 11.3 Å². The van der Waals surface area contributed by atoms with Gasteiger partial charge >= 0.3 is 0 Å². The van der Waals surface area contributed by atoms with Crippen LogP contribution in [0, 0.1) is 0 Å². The normalized spacial score (nSPS) is 20.7. The lowest BCUT2D eigenvalue weighted by atomic mass is 10.1. The molecule has 0 saturated heterocycles. The molecule has 2 aromatic carbocycles. The topological polar surface area (TPSA) is 75.4 Å². The van der Waals surface area contributed by atoms with E-state index in [0.29, 0.717) is 10.6 Å². The minimum absolute atomic E-state index is 0.0412. The molecule has 152 valence electrons. The molecule has 1 aliphatic heterocycles. The summed E-state index contributed by atoms with van der Waals surface area (Å²) in [4.78, 5) is 4.15. The molecule has 0 aliphatic carbocycles. The molecule has 0 amide bonds. The molecule has 3 aromatic rings. The number of fused-ring (bicyclic) bond motifs is 1. The van der Waals surface area contributed by atoms with Crippen molar-refractivity contribution in [3.8, 4) is 0 Å². The Labute approximate surface area is 175 Å². The summed E-state index contributed by atoms with van der Waals surface area (Å²) in [5, 5.41) is 10.4. The summed E-state index contributed by atoms with van der Waals surface area (Å²) in [5.74, 6) is 0. The second-order valence-electron chi connectivity index (χ2n) is 7.23. The van der Waals surface area contributed by atoms with Crippen LogP contribution in [0.2, 0.25) is 5.02 Å². The SMILES string of the molecule is C[C@H](c1ccc(Cl)cc1)N1Cc2cncn2C(C[C@H](O)c2ccccc2)S1(=O)=O. The number of aliphatic hydroxyl groups is 1. The Kier molecular flexibility index (Phi) is 5.48. The standard InChI is InChI=1S/C21H22ClN3O3S/c1-15(16-7-9-18(22)10-8-16)25-13-19-12-23-14-24(19)21(29(25,27)28)11-20(26)17-5-3-2-4-6-17/h2-10,12,14-15,20-21,26H,11,13H2,1H3/t15-,20+,21?/m1/s1. The molecule has 0 radical (unpaired) electrons. The van der Waals surface area contributed by atoms with Crippen LogP contribution >= 0.6 is 11.6 Å². The molecule has 1 aromatic heterocycles. The fourth-order valence-electron chi connectivity index (χ4n) is 3.77. The number of hydrogen-bond donors (Lipinski definition) is 1. The summed E-state index contributed by atoms with van der Waals surface area (Å²) in [6.45, 7) is 2.08. The molecular weight excluding hydrogens is 410 g/mol. The number of nitrogens with zero attached hydrogens (tertiary/aromatic N) is 3. The van der Waals surface area contributed by atoms with Gasteiger partial charge < -0.3 is 9.67 Å². The highest BCUT2D eigenvalue weighted by molar-refractivity contribution is 7.89. The maximum Gasteiger partial charge on any atom is 0.236 e. The third-order valence-electron chi connectivity index (χ3n) is 5.44. The minimum atomic E-state index is -3.74. The molecule has 4 rings (SSSR count). The minimum Gasteiger partial charge on any atom is -0.388 e. The van der Waals surface area contributed by atoms with Gasteiger partial charge in [-0.05, 0) is 30.2 Å². The van der Waals surface area contributed by atoms with Gasteiger partial charge in [0.05, 0.1) is 24.7 Å². The van der Waals surface area contributed by atoms with Gasteiger partial charge in [0.25, 0.3) is 0 Å². The van der Waals surface area contributed by atoms with Crippen molar-refractivity contribution in [2.24, 2.45) is 0 Å². The van der Waals surface area contributed by atoms with Gasteiger partial charge in [-0.25, -0.2) is 13.4 Å². The summed E-state index contributed by atoms with van der Waals surface area (Å²) < 4.78 is 30.3. The highest BCUT2D eigenvalue weighted by Gasteiger charge is 2.42. The van der Waals surface area contributed by atoms with Crippen LogP contribution in [0.25, 0.3) is 0 Å². The zero-order valence-corrected chi connectivity index (χ0v) is 17.5. The first-order valence-electron chi connectivity index (χ1n) is 9.38. The number of aliphatic hydroxyl groups excluding tert-OH is 1. The molecular formula is C21H22ClN3O3S. The van der Waals surface area contributed by atoms with Gasteiger partial charge in [-0.15, -0.1) is 0 Å². The van der Waals surface area contributed by atoms with Crippen LogP contribution in [0.5, 0.6) is 0 Å². The third kappa shape index (κ3) is 3.83. The Hall–Kier alpha value is -2.19. The van der Waals surface area contributed by atoms with Crippen LogP contribution in [-0.4, -0.2) is 27.4 Å². The van der Waals surface area contributed by atoms with E-state index in [9.17, 15) is 13.5 Å². The lowest BCUT2D eigenvalue weighted by Gasteiger charge is -2.38. The van der Waals surface area contributed by atoms with E-state index < -0.39 is 21.5 Å². The maximum atomic E-state index is 13.6. The van der Waals surface area contributed by atoms with E-state index in [1.807, 2.05) is 37.3 Å². The van der Waals surface area contributed by atoms with Crippen LogP contribution in [0.1, 0.15) is 47.7 Å². The highest BCUT2D eigenvalue weighted by Crippen LogP contribution is 2.39. The lowest BCUT2D eigenvalue weighted by Crippen LogP contribution is -2.43. The van der Waals surface area contributed by atoms with Crippen molar-refractivity contribution in [1.82, 2.24) is 13.9 Å². The predicted octanol–water partition coefficient (Wildman–Crippen LogP) is 4.07. The Morgan fingerprint density at radius 2 is 1.83 bits per heavy atom. The molecule has 0 bridgehead atoms. The Bertz CT molecular complexity index is 1080. The first-order valence-corrected chi connectivity index (χ1v) is 11.3. The number of imidazole rings is 1. The maximum absolute atomic E-state index is 13.6. The van der Waals surface area contributed by atoms with Gasteiger partial charge in [0.1, 0.15) is 0 Å². The van der Waals surface area contributed by atoms with E-state index >= 15 is 0 Å². The van der Waals surface area contributed by atoms with E-state index in [2.05, 4.69) is 4.98 Å². The van der Waals surface area contributed by atoms with Crippen molar-refractivity contribution in [3.63, 3.8) is 0 Å². The summed E-state index contributed by atoms with van der Waals surface area (Å²) in [5.41, 5.74) is 2.34. The molecule has 1 N–H and O–H groups in total. The van der Waals surface area contributed by atoms with Crippen molar-refractivity contribution >= 4 is 21.6 Å². The first-order chi connectivity index (χ1) is 13.9. The van der Waals surface area contributed by atoms with Gasteiger partial charge in [0.15, 0.2) is 5.37 Å². The molecule has 6 nitrogen and oxygen atoms in total. The van der Waals surface area contributed by atoms with Crippen LogP contribution in [0.15, 0.2) is 67.1 Å². The summed E-state index contributed by atoms with van der Waals surface area (Å²) in [7, 11) is -3.74. The van der Waals surface area contributed by atoms with Crippen LogP contribution < -0.4 is 0 Å². The Balaban J connectivity index is 1.69. The van der Waals surface area contributed by atoms with Crippen molar-refractivity contribution in [1.29, 1.82) is 0 Å². The largest absolute Gasteiger partial charge is 0.388 e. The van der Waals surface area contributed by atoms with E-state index in [1.54, 1.807) is 35.0 Å². The second-order valence-corrected chi connectivity index (χ2v) is 9.71. The van der Waals surface area contributed by atoms with Crippen molar-refractivity contribution in [3.05, 3.63) is 89.0 Å². The molecule has 0 fully saturated rings. The quantitative estimate of drug-likeness (QED) is 0.660. The van der Waals surface area contributed by atoms with E-state index in [1.165, 1.54) is 10.6 Å². The van der Waals surface area contributed by atoms with Gasteiger partial charge in [-0.1, -0.05) is 54.1 Å². The van der Waals surface area contributed by atoms with Crippen LogP contribution in [0.3, 0.4) is 0 Å². The molecule has 1 aliphatic rings. The molecule has 0 saturated carbocycles. The molecule has 29 heavy (non-hydrogen) atoms. The van der Waals surface area contributed by atoms with Crippen molar-refractivity contribution in [2.45, 2.75) is 37.4 Å². The zero-order chi connectivity index (χ0) is 20.6. The van der Waals surface area contributed by atoms with Crippen LogP contribution in [-0.2, 0) is 16.6 Å². The Morgan fingerprint density at radius 1 is 1.14 bits per heavy atom. The summed E-state index contributed by atoms with van der Waals surface area (Å²) in [6, 6.07) is 15.9. The molecule has 3 atom stereocenters. The Morgan fingerprint density at radius 3 is 2.52 bits per heavy atom. The van der Waals surface area contributed by atoms with Gasteiger partial charge in [-0.3, -0.25) is 0 Å². The van der Waals surface area contributed by atoms with Gasteiger partial charge in [0.2, 0.25) is 10.0 Å². The number of aromatic nitrogens is 2. The number of halogens is 1. The van der Waals surface area contributed by atoms with E-state index in [-0.39, 0.29) is 19.0 Å². The third-order valence-corrected chi connectivity index (χ3v) is 7.90. The number of hydrogen-bond acceptors (Lipinski definition) is 4. The predicted molar refractivity (Wildman–Crippen MR) is 112 cm³/mol. The van der Waals surface area contributed by atoms with E-state index in [4.69, 9.17) is 11.6 Å². The number of sulfonamides is 1. The fraction of sp³-hybridized carbons (Fsp3) is 0.286. The average molecular weight is 432 g/mol. The monoisotopic (exact) mass is 431 g/mol. The number of benzene rings is 2. The smallest absolute Gasteiger partial charge is 0.236 e. The van der Waals surface area contributed by atoms with Crippen LogP contribution in [0.4, 0.5) is 0 Å². The number of rotatable bonds is 5. The summed E-state index contributed by atoms with van der Waals surface area (Å²) >= 11 is 5.98. The molecule has 8 heteroatoms. The van der Waals surface area contributed by atoms with Crippen molar-refractivity contribution < 1.29 is 13.5 Å². The van der Waals surface area contributed by atoms with Crippen molar-refractivity contribution in [2.75, 3.05) is 0 Å². The van der Waals surface area contributed by atoms with Gasteiger partial charge in [0, 0.05) is 23.7 Å². The molecule has 0 spiro atoms. The summed E-state index contributed by atoms with van der Waals surface area (Å²) in [6.07, 6.45) is 2.34. The highest BCUT2D eigenvalue weighted by atomic mass is 35.5. The average Bonchev–Trinajstić information content (AvgIpc) is 3.18. The fourth-order valence-corrected chi connectivity index (χ4v) is 5.98.